The molecule has 0 bridgehead atoms. The van der Waals surface area contributed by atoms with Crippen molar-refractivity contribution in [2.24, 2.45) is 5.92 Å². The number of aliphatic carboxylic acids is 1. The molecular formula is C26H32N2O8S. The van der Waals surface area contributed by atoms with E-state index in [1.165, 1.54) is 36.4 Å². The average molecular weight is 533 g/mol. The summed E-state index contributed by atoms with van der Waals surface area (Å²) in [6, 6.07) is 12.0. The Morgan fingerprint density at radius 3 is 2.27 bits per heavy atom. The molecule has 1 fully saturated rings. The number of carbonyl (C=O) groups is 3. The number of benzene rings is 2. The van der Waals surface area contributed by atoms with Crippen LogP contribution in [0.1, 0.15) is 39.2 Å². The van der Waals surface area contributed by atoms with Crippen molar-refractivity contribution in [1.82, 2.24) is 10.2 Å². The third-order valence-electron chi connectivity index (χ3n) is 5.91. The number of amides is 2. The number of carbonyl (C=O) groups excluding carboxylic acids is 2. The maximum atomic E-state index is 13.8. The molecule has 37 heavy (non-hydrogen) atoms. The number of phenols is 1. The maximum absolute atomic E-state index is 13.8. The van der Waals surface area contributed by atoms with Crippen molar-refractivity contribution >= 4 is 27.8 Å². The van der Waals surface area contributed by atoms with Crippen LogP contribution in [-0.4, -0.2) is 65.1 Å². The van der Waals surface area contributed by atoms with Gasteiger partial charge in [-0.1, -0.05) is 30.3 Å². The summed E-state index contributed by atoms with van der Waals surface area (Å²) in [6.07, 6.45) is -0.491. The lowest BCUT2D eigenvalue weighted by Crippen LogP contribution is -2.58. The molecule has 11 heteroatoms. The summed E-state index contributed by atoms with van der Waals surface area (Å²) in [6.45, 7) is 5.02. The second kappa shape index (κ2) is 11.2. The van der Waals surface area contributed by atoms with E-state index < -0.39 is 50.7 Å². The highest BCUT2D eigenvalue weighted by Crippen LogP contribution is 2.33. The van der Waals surface area contributed by atoms with Gasteiger partial charge in [0.1, 0.15) is 17.4 Å². The first-order valence-corrected chi connectivity index (χ1v) is 13.4. The monoisotopic (exact) mass is 532 g/mol. The molecule has 0 saturated carbocycles. The van der Waals surface area contributed by atoms with Crippen LogP contribution in [0.25, 0.3) is 0 Å². The summed E-state index contributed by atoms with van der Waals surface area (Å²) in [5.74, 6) is -3.31. The third-order valence-corrected chi connectivity index (χ3v) is 8.06. The third kappa shape index (κ3) is 7.00. The minimum absolute atomic E-state index is 0.0121. The topological polar surface area (TPSA) is 150 Å². The van der Waals surface area contributed by atoms with Crippen molar-refractivity contribution in [3.05, 3.63) is 60.2 Å². The number of phenolic OH excluding ortho intramolecular Hbond substituents is 1. The molecule has 200 valence electrons. The minimum atomic E-state index is -4.24. The summed E-state index contributed by atoms with van der Waals surface area (Å²) in [5.41, 5.74) is -0.343. The van der Waals surface area contributed by atoms with Crippen molar-refractivity contribution in [3.8, 4) is 5.75 Å². The SMILES string of the molecule is CC(C)(C)OC(=O)N1CCCC(C(=O)N[C@@H](Cc2ccc(O)cc2)C(=O)O)C1S(=O)(=O)c1ccccc1. The maximum Gasteiger partial charge on any atom is 0.411 e. The van der Waals surface area contributed by atoms with Gasteiger partial charge in [-0.2, -0.15) is 0 Å². The number of hydrogen-bond donors (Lipinski definition) is 3. The molecular weight excluding hydrogens is 500 g/mol. The Morgan fingerprint density at radius 1 is 1.08 bits per heavy atom. The molecule has 2 aromatic rings. The second-order valence-electron chi connectivity index (χ2n) is 9.94. The number of rotatable bonds is 7. The predicted octanol–water partition coefficient (Wildman–Crippen LogP) is 2.95. The summed E-state index contributed by atoms with van der Waals surface area (Å²) in [5, 5.41) is 20.1. The Hall–Kier alpha value is -3.60. The van der Waals surface area contributed by atoms with E-state index >= 15 is 0 Å². The van der Waals surface area contributed by atoms with E-state index in [4.69, 9.17) is 4.74 Å². The van der Waals surface area contributed by atoms with Gasteiger partial charge >= 0.3 is 12.1 Å². The molecule has 2 unspecified atom stereocenters. The average Bonchev–Trinajstić information content (AvgIpc) is 2.83. The van der Waals surface area contributed by atoms with Crippen LogP contribution < -0.4 is 5.32 Å². The quantitative estimate of drug-likeness (QED) is 0.493. The van der Waals surface area contributed by atoms with E-state index in [9.17, 15) is 33.0 Å². The van der Waals surface area contributed by atoms with E-state index in [1.807, 2.05) is 0 Å². The fourth-order valence-corrected chi connectivity index (χ4v) is 6.26. The summed E-state index contributed by atoms with van der Waals surface area (Å²) in [7, 11) is -4.24. The van der Waals surface area contributed by atoms with Crippen LogP contribution in [0.2, 0.25) is 0 Å². The van der Waals surface area contributed by atoms with Gasteiger partial charge in [-0.25, -0.2) is 18.0 Å². The van der Waals surface area contributed by atoms with Gasteiger partial charge in [-0.05, 0) is 63.4 Å². The molecule has 1 aliphatic rings. The molecule has 3 rings (SSSR count). The van der Waals surface area contributed by atoms with Crippen molar-refractivity contribution in [2.75, 3.05) is 6.54 Å². The zero-order chi connectivity index (χ0) is 27.4. The molecule has 3 atom stereocenters. The number of carboxylic acids is 1. The molecule has 2 amide bonds. The van der Waals surface area contributed by atoms with E-state index in [-0.39, 0.29) is 30.0 Å². The van der Waals surface area contributed by atoms with Crippen molar-refractivity contribution in [2.45, 2.75) is 61.9 Å². The van der Waals surface area contributed by atoms with Gasteiger partial charge in [0.25, 0.3) is 0 Å². The number of nitrogens with one attached hydrogen (secondary N) is 1. The molecule has 0 aliphatic carbocycles. The van der Waals surface area contributed by atoms with Gasteiger partial charge in [0, 0.05) is 13.0 Å². The number of likely N-dealkylation sites (tertiary alicyclic amines) is 1. The van der Waals surface area contributed by atoms with Gasteiger partial charge in [-0.3, -0.25) is 9.69 Å². The highest BCUT2D eigenvalue weighted by molar-refractivity contribution is 7.92. The first-order chi connectivity index (χ1) is 17.3. The van der Waals surface area contributed by atoms with Crippen molar-refractivity contribution < 1.29 is 37.8 Å². The van der Waals surface area contributed by atoms with Crippen molar-refractivity contribution in [1.29, 1.82) is 0 Å². The standard InChI is InChI=1S/C26H32N2O8S/c1-26(2,3)36-25(33)28-15-7-10-20(23(28)37(34,35)19-8-5-4-6-9-19)22(30)27-21(24(31)32)16-17-11-13-18(29)14-12-17/h4-6,8-9,11-14,20-21,23,29H,7,10,15-16H2,1-3H3,(H,27,30)(H,31,32)/t20?,21-,23?/m0/s1. The Labute approximate surface area is 216 Å². The molecule has 0 aromatic heterocycles. The Balaban J connectivity index is 1.95. The van der Waals surface area contributed by atoms with E-state index in [0.717, 1.165) is 4.90 Å². The fourth-order valence-electron chi connectivity index (χ4n) is 4.22. The van der Waals surface area contributed by atoms with Crippen LogP contribution in [0.5, 0.6) is 5.75 Å². The molecule has 1 aliphatic heterocycles. The number of ether oxygens (including phenoxy) is 1. The van der Waals surface area contributed by atoms with Crippen LogP contribution in [0.3, 0.4) is 0 Å². The highest BCUT2D eigenvalue weighted by atomic mass is 32.2. The van der Waals surface area contributed by atoms with Gasteiger partial charge in [-0.15, -0.1) is 0 Å². The van der Waals surface area contributed by atoms with E-state index in [0.29, 0.717) is 12.0 Å². The summed E-state index contributed by atoms with van der Waals surface area (Å²) in [4.78, 5) is 39.4. The van der Waals surface area contributed by atoms with Crippen LogP contribution in [0.15, 0.2) is 59.5 Å². The molecule has 0 radical (unpaired) electrons. The summed E-state index contributed by atoms with van der Waals surface area (Å²) < 4.78 is 33.0. The van der Waals surface area contributed by atoms with Crippen LogP contribution in [0, 0.1) is 5.92 Å². The minimum Gasteiger partial charge on any atom is -0.508 e. The van der Waals surface area contributed by atoms with Crippen molar-refractivity contribution in [3.63, 3.8) is 0 Å². The van der Waals surface area contributed by atoms with Gasteiger partial charge in [0.15, 0.2) is 15.2 Å². The molecule has 10 nitrogen and oxygen atoms in total. The summed E-state index contributed by atoms with van der Waals surface area (Å²) >= 11 is 0. The number of carboxylic acid groups (broad SMARTS) is 1. The molecule has 3 N–H and O–H groups in total. The zero-order valence-corrected chi connectivity index (χ0v) is 21.8. The van der Waals surface area contributed by atoms with Gasteiger partial charge < -0.3 is 20.3 Å². The fraction of sp³-hybridized carbons (Fsp3) is 0.423. The van der Waals surface area contributed by atoms with Gasteiger partial charge in [0.2, 0.25) is 5.91 Å². The number of aromatic hydroxyl groups is 1. The molecule has 2 aromatic carbocycles. The van der Waals surface area contributed by atoms with Crippen LogP contribution in [0.4, 0.5) is 4.79 Å². The van der Waals surface area contributed by atoms with Gasteiger partial charge in [0.05, 0.1) is 10.8 Å². The number of piperidine rings is 1. The predicted molar refractivity (Wildman–Crippen MR) is 134 cm³/mol. The smallest absolute Gasteiger partial charge is 0.411 e. The van der Waals surface area contributed by atoms with E-state index in [1.54, 1.807) is 39.0 Å². The first kappa shape index (κ1) is 28.0. The first-order valence-electron chi connectivity index (χ1n) is 11.9. The lowest BCUT2D eigenvalue weighted by molar-refractivity contribution is -0.143. The Kier molecular flexibility index (Phi) is 8.47. The largest absolute Gasteiger partial charge is 0.508 e. The molecule has 1 heterocycles. The zero-order valence-electron chi connectivity index (χ0n) is 21.0. The number of nitrogens with zero attached hydrogens (tertiary/aromatic N) is 1. The van der Waals surface area contributed by atoms with Crippen LogP contribution in [-0.2, 0) is 30.6 Å². The second-order valence-corrected chi connectivity index (χ2v) is 12.0. The highest BCUT2D eigenvalue weighted by Gasteiger charge is 2.48. The molecule has 1 saturated heterocycles. The Bertz CT molecular complexity index is 1220. The lowest BCUT2D eigenvalue weighted by atomic mass is 9.96. The lowest BCUT2D eigenvalue weighted by Gasteiger charge is -2.40. The Morgan fingerprint density at radius 2 is 1.70 bits per heavy atom. The van der Waals surface area contributed by atoms with Crippen LogP contribution >= 0.6 is 0 Å². The van der Waals surface area contributed by atoms with E-state index in [2.05, 4.69) is 5.32 Å². The number of sulfone groups is 1. The normalized spacial score (nSPS) is 19.1. The molecule has 0 spiro atoms. The number of hydrogen-bond acceptors (Lipinski definition) is 7.